The largest absolute Gasteiger partial charge is 0.772 e. The molecule has 1 unspecified atom stereocenters. The van der Waals surface area contributed by atoms with Crippen molar-refractivity contribution in [3.05, 3.63) is 34.3 Å². The van der Waals surface area contributed by atoms with Crippen molar-refractivity contribution in [3.8, 4) is 0 Å². The number of esters is 1. The standard InChI is InChI=1S/C9H9BrO4S/c10-8-3-1-7(2-4-8)5-14-9(11)6-15(12)13/h1-4H,5-6H2,(H,12,13)/p-1. The summed E-state index contributed by atoms with van der Waals surface area (Å²) in [5.41, 5.74) is 0.809. The summed E-state index contributed by atoms with van der Waals surface area (Å²) in [4.78, 5) is 10.9. The first-order chi connectivity index (χ1) is 7.08. The van der Waals surface area contributed by atoms with E-state index in [2.05, 4.69) is 15.9 Å². The number of hydrogen-bond acceptors (Lipinski definition) is 4. The Bertz CT molecular complexity index is 363. The predicted molar refractivity (Wildman–Crippen MR) is 57.7 cm³/mol. The van der Waals surface area contributed by atoms with E-state index in [1.165, 1.54) is 0 Å². The third-order valence-corrected chi connectivity index (χ3v) is 2.55. The number of benzene rings is 1. The van der Waals surface area contributed by atoms with E-state index in [9.17, 15) is 13.6 Å². The van der Waals surface area contributed by atoms with Crippen molar-refractivity contribution in [2.24, 2.45) is 0 Å². The lowest BCUT2D eigenvalue weighted by molar-refractivity contribution is -0.141. The van der Waals surface area contributed by atoms with Gasteiger partial charge in [0.1, 0.15) is 12.4 Å². The van der Waals surface area contributed by atoms with Crippen LogP contribution < -0.4 is 0 Å². The molecule has 0 aliphatic carbocycles. The zero-order chi connectivity index (χ0) is 11.3. The Balaban J connectivity index is 2.40. The van der Waals surface area contributed by atoms with E-state index in [1.54, 1.807) is 12.1 Å². The summed E-state index contributed by atoms with van der Waals surface area (Å²) in [5, 5.41) is 0. The lowest BCUT2D eigenvalue weighted by Gasteiger charge is -2.06. The predicted octanol–water partition coefficient (Wildman–Crippen LogP) is 1.37. The van der Waals surface area contributed by atoms with E-state index in [0.29, 0.717) is 0 Å². The first kappa shape index (κ1) is 12.4. The molecular formula is C9H8BrO4S-. The van der Waals surface area contributed by atoms with Gasteiger partial charge in [-0.15, -0.1) is 0 Å². The molecule has 0 aliphatic rings. The lowest BCUT2D eigenvalue weighted by Crippen LogP contribution is -2.13. The van der Waals surface area contributed by atoms with E-state index in [-0.39, 0.29) is 6.61 Å². The average Bonchev–Trinajstić information content (AvgIpc) is 2.16. The second-order valence-corrected chi connectivity index (χ2v) is 4.55. The van der Waals surface area contributed by atoms with Gasteiger partial charge in [0.15, 0.2) is 0 Å². The van der Waals surface area contributed by atoms with E-state index in [0.717, 1.165) is 10.0 Å². The van der Waals surface area contributed by atoms with Gasteiger partial charge in [-0.25, -0.2) is 0 Å². The Hall–Kier alpha value is -0.720. The summed E-state index contributed by atoms with van der Waals surface area (Å²) in [6.07, 6.45) is 0. The highest BCUT2D eigenvalue weighted by Gasteiger charge is 2.02. The van der Waals surface area contributed by atoms with Crippen LogP contribution in [0.1, 0.15) is 5.56 Å². The van der Waals surface area contributed by atoms with Gasteiger partial charge < -0.3 is 9.29 Å². The van der Waals surface area contributed by atoms with Crippen molar-refractivity contribution >= 4 is 33.0 Å². The van der Waals surface area contributed by atoms with E-state index in [4.69, 9.17) is 4.74 Å². The van der Waals surface area contributed by atoms with Crippen molar-refractivity contribution in [1.82, 2.24) is 0 Å². The molecule has 0 heterocycles. The van der Waals surface area contributed by atoms with Crippen molar-refractivity contribution in [3.63, 3.8) is 0 Å². The molecule has 0 saturated heterocycles. The summed E-state index contributed by atoms with van der Waals surface area (Å²) in [6, 6.07) is 7.20. The number of ether oxygens (including phenoxy) is 1. The maximum Gasteiger partial charge on any atom is 0.317 e. The van der Waals surface area contributed by atoms with Gasteiger partial charge in [-0.2, -0.15) is 0 Å². The van der Waals surface area contributed by atoms with Crippen LogP contribution >= 0.6 is 15.9 Å². The fourth-order valence-electron chi connectivity index (χ4n) is 0.882. The molecule has 1 aromatic carbocycles. The zero-order valence-corrected chi connectivity index (χ0v) is 10.0. The van der Waals surface area contributed by atoms with E-state index < -0.39 is 22.8 Å². The Labute approximate surface area is 98.0 Å². The van der Waals surface area contributed by atoms with E-state index in [1.807, 2.05) is 12.1 Å². The number of hydrogen-bond donors (Lipinski definition) is 0. The van der Waals surface area contributed by atoms with Gasteiger partial charge in [-0.3, -0.25) is 9.00 Å². The highest BCUT2D eigenvalue weighted by molar-refractivity contribution is 9.10. The fourth-order valence-corrected chi connectivity index (χ4v) is 1.42. The molecule has 0 saturated carbocycles. The van der Waals surface area contributed by atoms with E-state index >= 15 is 0 Å². The smallest absolute Gasteiger partial charge is 0.317 e. The molecule has 0 fully saturated rings. The van der Waals surface area contributed by atoms with Crippen LogP contribution in [0.25, 0.3) is 0 Å². The molecule has 0 aromatic heterocycles. The monoisotopic (exact) mass is 291 g/mol. The first-order valence-electron chi connectivity index (χ1n) is 4.04. The van der Waals surface area contributed by atoms with Gasteiger partial charge in [0.25, 0.3) is 0 Å². The van der Waals surface area contributed by atoms with Crippen LogP contribution in [-0.4, -0.2) is 20.5 Å². The van der Waals surface area contributed by atoms with Gasteiger partial charge in [-0.05, 0) is 28.8 Å². The third kappa shape index (κ3) is 5.06. The molecule has 0 radical (unpaired) electrons. The van der Waals surface area contributed by atoms with Gasteiger partial charge in [0.2, 0.25) is 0 Å². The lowest BCUT2D eigenvalue weighted by atomic mass is 10.2. The van der Waals surface area contributed by atoms with Crippen molar-refractivity contribution in [2.45, 2.75) is 6.61 Å². The van der Waals surface area contributed by atoms with Crippen molar-refractivity contribution in [1.29, 1.82) is 0 Å². The summed E-state index contributed by atoms with van der Waals surface area (Å²) in [5.74, 6) is -1.34. The zero-order valence-electron chi connectivity index (χ0n) is 7.64. The van der Waals surface area contributed by atoms with Gasteiger partial charge in [-0.1, -0.05) is 28.1 Å². The number of rotatable bonds is 4. The molecule has 0 amide bonds. The Morgan fingerprint density at radius 1 is 1.40 bits per heavy atom. The molecule has 0 bridgehead atoms. The van der Waals surface area contributed by atoms with Crippen LogP contribution in [0.15, 0.2) is 28.7 Å². The number of halogens is 1. The average molecular weight is 292 g/mol. The Kier molecular flexibility index (Phi) is 4.93. The van der Waals surface area contributed by atoms with Crippen LogP contribution in [0.5, 0.6) is 0 Å². The summed E-state index contributed by atoms with van der Waals surface area (Å²) in [7, 11) is 0. The minimum atomic E-state index is -2.39. The van der Waals surface area contributed by atoms with Gasteiger partial charge >= 0.3 is 5.97 Å². The van der Waals surface area contributed by atoms with Crippen LogP contribution in [0.3, 0.4) is 0 Å². The Morgan fingerprint density at radius 2 is 2.00 bits per heavy atom. The Morgan fingerprint density at radius 3 is 2.53 bits per heavy atom. The van der Waals surface area contributed by atoms with Crippen molar-refractivity contribution < 1.29 is 18.3 Å². The summed E-state index contributed by atoms with van der Waals surface area (Å²) in [6.45, 7) is 0.0866. The molecule has 15 heavy (non-hydrogen) atoms. The maximum atomic E-state index is 10.9. The third-order valence-electron chi connectivity index (χ3n) is 1.55. The highest BCUT2D eigenvalue weighted by Crippen LogP contribution is 2.11. The number of carbonyl (C=O) groups is 1. The SMILES string of the molecule is O=C(CS(=O)[O-])OCc1ccc(Br)cc1. The van der Waals surface area contributed by atoms with Gasteiger partial charge in [0, 0.05) is 4.47 Å². The van der Waals surface area contributed by atoms with Crippen LogP contribution in [0.4, 0.5) is 0 Å². The molecule has 0 aliphatic heterocycles. The van der Waals surface area contributed by atoms with Gasteiger partial charge in [0.05, 0.1) is 0 Å². The van der Waals surface area contributed by atoms with Crippen LogP contribution in [0.2, 0.25) is 0 Å². The molecule has 1 atom stereocenters. The molecule has 0 spiro atoms. The minimum Gasteiger partial charge on any atom is -0.772 e. The molecule has 4 nitrogen and oxygen atoms in total. The second kappa shape index (κ2) is 5.99. The first-order valence-corrected chi connectivity index (χ1v) is 6.07. The maximum absolute atomic E-state index is 10.9. The number of carbonyl (C=O) groups excluding carboxylic acids is 1. The van der Waals surface area contributed by atoms with Crippen LogP contribution in [0, 0.1) is 0 Å². The quantitative estimate of drug-likeness (QED) is 0.621. The minimum absolute atomic E-state index is 0.0866. The molecule has 1 rings (SSSR count). The second-order valence-electron chi connectivity index (χ2n) is 2.74. The molecule has 1 aromatic rings. The summed E-state index contributed by atoms with van der Waals surface area (Å²) < 4.78 is 26.0. The topological polar surface area (TPSA) is 66.4 Å². The highest BCUT2D eigenvalue weighted by atomic mass is 79.9. The fraction of sp³-hybridized carbons (Fsp3) is 0.222. The summed E-state index contributed by atoms with van der Waals surface area (Å²) >= 11 is 0.880. The molecule has 6 heteroatoms. The molecule has 0 N–H and O–H groups in total. The normalized spacial score (nSPS) is 12.1. The molecule has 82 valence electrons. The molecular weight excluding hydrogens is 284 g/mol. The van der Waals surface area contributed by atoms with Crippen molar-refractivity contribution in [2.75, 3.05) is 5.75 Å². The van der Waals surface area contributed by atoms with Crippen LogP contribution in [-0.2, 0) is 27.2 Å².